The van der Waals surface area contributed by atoms with E-state index in [-0.39, 0.29) is 5.91 Å². The highest BCUT2D eigenvalue weighted by molar-refractivity contribution is 5.93. The molecule has 2 aromatic rings. The Morgan fingerprint density at radius 2 is 1.75 bits per heavy atom. The molecule has 1 heterocycles. The first-order chi connectivity index (χ1) is 11.5. The van der Waals surface area contributed by atoms with E-state index < -0.39 is 0 Å². The summed E-state index contributed by atoms with van der Waals surface area (Å²) in [6.45, 7) is 1.39. The molecule has 6 heteroatoms. The van der Waals surface area contributed by atoms with Crippen molar-refractivity contribution < 1.29 is 4.79 Å². The molecule has 0 saturated heterocycles. The topological polar surface area (TPSA) is 60.5 Å². The molecule has 1 aromatic heterocycles. The molecule has 0 radical (unpaired) electrons. The molecule has 0 fully saturated rings. The maximum absolute atomic E-state index is 12.1. The molecule has 0 unspecified atom stereocenters. The fourth-order valence-electron chi connectivity index (χ4n) is 2.13. The maximum atomic E-state index is 12.1. The number of hydrogen-bond donors (Lipinski definition) is 2. The van der Waals surface area contributed by atoms with Crippen molar-refractivity contribution in [2.24, 2.45) is 0 Å². The van der Waals surface area contributed by atoms with Gasteiger partial charge in [-0.05, 0) is 50.5 Å². The third-order valence-corrected chi connectivity index (χ3v) is 3.51. The smallest absolute Gasteiger partial charge is 0.269 e. The summed E-state index contributed by atoms with van der Waals surface area (Å²) in [5, 5.41) is 6.16. The third-order valence-electron chi connectivity index (χ3n) is 3.51. The van der Waals surface area contributed by atoms with Crippen LogP contribution in [0.15, 0.2) is 42.6 Å². The van der Waals surface area contributed by atoms with Crippen LogP contribution in [-0.4, -0.2) is 57.1 Å². The van der Waals surface area contributed by atoms with Crippen LogP contribution in [-0.2, 0) is 0 Å². The van der Waals surface area contributed by atoms with Crippen molar-refractivity contribution in [3.05, 3.63) is 48.3 Å². The minimum absolute atomic E-state index is 0.163. The van der Waals surface area contributed by atoms with Crippen LogP contribution in [0.4, 0.5) is 17.1 Å². The van der Waals surface area contributed by atoms with Crippen LogP contribution in [0, 0.1) is 0 Å². The van der Waals surface area contributed by atoms with Gasteiger partial charge in [0.2, 0.25) is 0 Å². The van der Waals surface area contributed by atoms with E-state index in [1.54, 1.807) is 12.3 Å². The lowest BCUT2D eigenvalue weighted by atomic mass is 10.2. The second kappa shape index (κ2) is 8.31. The molecule has 0 atom stereocenters. The third kappa shape index (κ3) is 5.24. The van der Waals surface area contributed by atoms with Gasteiger partial charge in [-0.25, -0.2) is 0 Å². The van der Waals surface area contributed by atoms with Crippen LogP contribution in [0.5, 0.6) is 0 Å². The van der Waals surface area contributed by atoms with Gasteiger partial charge in [-0.1, -0.05) is 0 Å². The monoisotopic (exact) mass is 327 g/mol. The Morgan fingerprint density at radius 3 is 2.38 bits per heavy atom. The average Bonchev–Trinajstić information content (AvgIpc) is 2.55. The number of nitrogens with zero attached hydrogens (tertiary/aromatic N) is 3. The van der Waals surface area contributed by atoms with Gasteiger partial charge >= 0.3 is 0 Å². The van der Waals surface area contributed by atoms with E-state index in [0.717, 1.165) is 23.6 Å². The summed E-state index contributed by atoms with van der Waals surface area (Å²) >= 11 is 0. The largest absolute Gasteiger partial charge is 0.378 e. The predicted octanol–water partition coefficient (Wildman–Crippen LogP) is 2.18. The van der Waals surface area contributed by atoms with E-state index in [0.29, 0.717) is 12.2 Å². The zero-order valence-electron chi connectivity index (χ0n) is 14.7. The highest BCUT2D eigenvalue weighted by atomic mass is 16.1. The van der Waals surface area contributed by atoms with Crippen molar-refractivity contribution in [1.82, 2.24) is 15.2 Å². The average molecular weight is 327 g/mol. The minimum Gasteiger partial charge on any atom is -0.378 e. The van der Waals surface area contributed by atoms with Gasteiger partial charge in [0.25, 0.3) is 5.91 Å². The lowest BCUT2D eigenvalue weighted by Gasteiger charge is -2.14. The van der Waals surface area contributed by atoms with Crippen LogP contribution in [0.3, 0.4) is 0 Å². The van der Waals surface area contributed by atoms with Gasteiger partial charge in [-0.2, -0.15) is 0 Å². The van der Waals surface area contributed by atoms with Crippen LogP contribution < -0.4 is 15.5 Å². The van der Waals surface area contributed by atoms with Gasteiger partial charge in [0, 0.05) is 50.4 Å². The van der Waals surface area contributed by atoms with Crippen molar-refractivity contribution in [1.29, 1.82) is 0 Å². The van der Waals surface area contributed by atoms with Crippen molar-refractivity contribution in [3.8, 4) is 0 Å². The van der Waals surface area contributed by atoms with Gasteiger partial charge in [-0.3, -0.25) is 9.78 Å². The van der Waals surface area contributed by atoms with E-state index in [9.17, 15) is 4.79 Å². The van der Waals surface area contributed by atoms with Gasteiger partial charge in [0.1, 0.15) is 5.69 Å². The highest BCUT2D eigenvalue weighted by Crippen LogP contribution is 2.20. The molecule has 2 rings (SSSR count). The van der Waals surface area contributed by atoms with Crippen molar-refractivity contribution in [2.75, 3.05) is 51.5 Å². The molecule has 0 aliphatic carbocycles. The van der Waals surface area contributed by atoms with Crippen LogP contribution in [0.1, 0.15) is 10.5 Å². The molecule has 0 aliphatic heterocycles. The second-order valence-corrected chi connectivity index (χ2v) is 6.06. The molecule has 0 spiro atoms. The normalized spacial score (nSPS) is 10.5. The molecular weight excluding hydrogens is 302 g/mol. The number of hydrogen-bond acceptors (Lipinski definition) is 5. The number of benzene rings is 1. The van der Waals surface area contributed by atoms with Gasteiger partial charge in [0.05, 0.1) is 0 Å². The Morgan fingerprint density at radius 1 is 1.04 bits per heavy atom. The van der Waals surface area contributed by atoms with Crippen LogP contribution in [0.2, 0.25) is 0 Å². The molecule has 0 aliphatic rings. The minimum atomic E-state index is -0.163. The summed E-state index contributed by atoms with van der Waals surface area (Å²) in [5.41, 5.74) is 3.34. The lowest BCUT2D eigenvalue weighted by molar-refractivity contribution is 0.0946. The Bertz CT molecular complexity index is 667. The van der Waals surface area contributed by atoms with Gasteiger partial charge in [-0.15, -0.1) is 0 Å². The van der Waals surface area contributed by atoms with Crippen molar-refractivity contribution >= 4 is 23.0 Å². The fourth-order valence-corrected chi connectivity index (χ4v) is 2.13. The Hall–Kier alpha value is -2.60. The summed E-state index contributed by atoms with van der Waals surface area (Å²) in [7, 11) is 7.95. The molecule has 1 aromatic carbocycles. The Labute approximate surface area is 143 Å². The molecule has 24 heavy (non-hydrogen) atoms. The standard InChI is InChI=1S/C18H25N5O/c1-22(2)12-11-20-18(24)17-13-15(9-10-19-17)21-14-5-7-16(8-6-14)23(3)4/h5-10,13H,11-12H2,1-4H3,(H,19,21)(H,20,24). The quantitative estimate of drug-likeness (QED) is 0.816. The highest BCUT2D eigenvalue weighted by Gasteiger charge is 2.08. The number of anilines is 3. The molecule has 6 nitrogen and oxygen atoms in total. The molecule has 0 saturated carbocycles. The number of amides is 1. The van der Waals surface area contributed by atoms with E-state index >= 15 is 0 Å². The Balaban J connectivity index is 2.00. The molecular formula is C18H25N5O. The maximum Gasteiger partial charge on any atom is 0.269 e. The van der Waals surface area contributed by atoms with Gasteiger partial charge < -0.3 is 20.4 Å². The number of carbonyl (C=O) groups excluding carboxylic acids is 1. The predicted molar refractivity (Wildman–Crippen MR) is 99.2 cm³/mol. The number of pyridine rings is 1. The van der Waals surface area contributed by atoms with Crippen molar-refractivity contribution in [2.45, 2.75) is 0 Å². The lowest BCUT2D eigenvalue weighted by Crippen LogP contribution is -2.31. The first-order valence-corrected chi connectivity index (χ1v) is 7.89. The van der Waals surface area contributed by atoms with E-state index in [1.165, 1.54) is 0 Å². The molecule has 128 valence electrons. The zero-order chi connectivity index (χ0) is 17.5. The number of likely N-dealkylation sites (N-methyl/N-ethyl adjacent to an activating group) is 1. The number of rotatable bonds is 7. The first-order valence-electron chi connectivity index (χ1n) is 7.89. The molecule has 1 amide bonds. The second-order valence-electron chi connectivity index (χ2n) is 6.06. The molecule has 2 N–H and O–H groups in total. The first kappa shape index (κ1) is 17.7. The summed E-state index contributed by atoms with van der Waals surface area (Å²) in [4.78, 5) is 20.3. The van der Waals surface area contributed by atoms with Crippen LogP contribution >= 0.6 is 0 Å². The SMILES string of the molecule is CN(C)CCNC(=O)c1cc(Nc2ccc(N(C)C)cc2)ccn1. The molecule has 0 bridgehead atoms. The fraction of sp³-hybridized carbons (Fsp3) is 0.333. The van der Waals surface area contributed by atoms with Crippen LogP contribution in [0.25, 0.3) is 0 Å². The van der Waals surface area contributed by atoms with E-state index in [4.69, 9.17) is 0 Å². The van der Waals surface area contributed by atoms with Crippen molar-refractivity contribution in [3.63, 3.8) is 0 Å². The van der Waals surface area contributed by atoms with Gasteiger partial charge in [0.15, 0.2) is 0 Å². The zero-order valence-corrected chi connectivity index (χ0v) is 14.7. The summed E-state index contributed by atoms with van der Waals surface area (Å²) < 4.78 is 0. The van der Waals surface area contributed by atoms with E-state index in [2.05, 4.69) is 15.6 Å². The Kier molecular flexibility index (Phi) is 6.14. The summed E-state index contributed by atoms with van der Waals surface area (Å²) in [5.74, 6) is -0.163. The summed E-state index contributed by atoms with van der Waals surface area (Å²) in [6, 6.07) is 11.7. The summed E-state index contributed by atoms with van der Waals surface area (Å²) in [6.07, 6.45) is 1.64. The van der Waals surface area contributed by atoms with E-state index in [1.807, 2.05) is 68.3 Å². The number of carbonyl (C=O) groups is 1. The number of nitrogens with one attached hydrogen (secondary N) is 2. The number of aromatic nitrogens is 1.